The molecule has 2 aromatic carbocycles. The van der Waals surface area contributed by atoms with Crippen molar-refractivity contribution >= 4 is 11.8 Å². The lowest BCUT2D eigenvalue weighted by Crippen LogP contribution is -2.48. The summed E-state index contributed by atoms with van der Waals surface area (Å²) in [5.74, 6) is -0.161. The predicted octanol–water partition coefficient (Wildman–Crippen LogP) is 3.13. The molecule has 1 saturated heterocycles. The van der Waals surface area contributed by atoms with E-state index >= 15 is 0 Å². The number of amides is 2. The molecule has 1 aliphatic heterocycles. The van der Waals surface area contributed by atoms with Crippen LogP contribution < -0.4 is 5.43 Å². The Morgan fingerprint density at radius 2 is 1.70 bits per heavy atom. The van der Waals surface area contributed by atoms with Crippen molar-refractivity contribution in [3.8, 4) is 0 Å². The molecule has 0 radical (unpaired) electrons. The Morgan fingerprint density at radius 1 is 1.09 bits per heavy atom. The highest BCUT2D eigenvalue weighted by Gasteiger charge is 2.40. The third-order valence-electron chi connectivity index (χ3n) is 4.36. The second-order valence-electron chi connectivity index (χ2n) is 5.77. The third kappa shape index (κ3) is 3.11. The van der Waals surface area contributed by atoms with Crippen molar-refractivity contribution in [3.05, 3.63) is 71.8 Å². The van der Waals surface area contributed by atoms with E-state index in [-0.39, 0.29) is 23.8 Å². The van der Waals surface area contributed by atoms with Crippen LogP contribution in [-0.4, -0.2) is 22.9 Å². The molecule has 2 atom stereocenters. The number of carbonyl (C=O) groups is 2. The Bertz CT molecular complexity index is 685. The number of nitrogens with zero attached hydrogens (tertiary/aromatic N) is 1. The van der Waals surface area contributed by atoms with Gasteiger partial charge in [0.15, 0.2) is 0 Å². The van der Waals surface area contributed by atoms with Crippen LogP contribution in [0.2, 0.25) is 0 Å². The molecule has 4 heteroatoms. The van der Waals surface area contributed by atoms with Crippen molar-refractivity contribution < 1.29 is 9.59 Å². The van der Waals surface area contributed by atoms with E-state index in [2.05, 4.69) is 5.43 Å². The van der Waals surface area contributed by atoms with Crippen molar-refractivity contribution in [2.75, 3.05) is 0 Å². The van der Waals surface area contributed by atoms with Gasteiger partial charge in [-0.05, 0) is 24.1 Å². The molecule has 0 aliphatic carbocycles. The van der Waals surface area contributed by atoms with Crippen LogP contribution in [0.3, 0.4) is 0 Å². The molecular weight excluding hydrogens is 288 g/mol. The second-order valence-corrected chi connectivity index (χ2v) is 5.77. The van der Waals surface area contributed by atoms with Gasteiger partial charge in [0.05, 0.1) is 6.04 Å². The number of nitrogens with one attached hydrogen (secondary N) is 1. The van der Waals surface area contributed by atoms with Gasteiger partial charge in [0.2, 0.25) is 5.91 Å². The highest BCUT2D eigenvalue weighted by Crippen LogP contribution is 2.34. The van der Waals surface area contributed by atoms with Crippen LogP contribution in [0.1, 0.15) is 41.6 Å². The molecule has 0 aromatic heterocycles. The molecule has 0 unspecified atom stereocenters. The zero-order valence-electron chi connectivity index (χ0n) is 13.1. The van der Waals surface area contributed by atoms with Crippen LogP contribution >= 0.6 is 0 Å². The maximum atomic E-state index is 12.4. The summed E-state index contributed by atoms with van der Waals surface area (Å²) in [6.45, 7) is 2.04. The minimum Gasteiger partial charge on any atom is -0.273 e. The van der Waals surface area contributed by atoms with Gasteiger partial charge in [-0.2, -0.15) is 0 Å². The minimum absolute atomic E-state index is 0.0161. The zero-order chi connectivity index (χ0) is 16.2. The molecule has 3 rings (SSSR count). The van der Waals surface area contributed by atoms with Crippen LogP contribution in [0.25, 0.3) is 0 Å². The van der Waals surface area contributed by atoms with Crippen molar-refractivity contribution in [1.29, 1.82) is 0 Å². The van der Waals surface area contributed by atoms with Gasteiger partial charge in [-0.3, -0.25) is 20.0 Å². The van der Waals surface area contributed by atoms with Gasteiger partial charge in [0, 0.05) is 17.9 Å². The third-order valence-corrected chi connectivity index (χ3v) is 4.36. The van der Waals surface area contributed by atoms with Gasteiger partial charge < -0.3 is 0 Å². The Balaban J connectivity index is 1.79. The predicted molar refractivity (Wildman–Crippen MR) is 88.6 cm³/mol. The lowest BCUT2D eigenvalue weighted by Gasteiger charge is -2.27. The Kier molecular flexibility index (Phi) is 4.42. The SMILES string of the molecule is CC[C@H]1[C@H](c2ccccc2)CC(=O)N1NC(=O)c1ccccc1. The molecule has 0 spiro atoms. The lowest BCUT2D eigenvalue weighted by molar-refractivity contribution is -0.131. The fraction of sp³-hybridized carbons (Fsp3) is 0.263. The van der Waals surface area contributed by atoms with E-state index in [1.807, 2.05) is 55.5 Å². The van der Waals surface area contributed by atoms with Crippen LogP contribution in [-0.2, 0) is 4.79 Å². The highest BCUT2D eigenvalue weighted by molar-refractivity contribution is 5.95. The standard InChI is InChI=1S/C19H20N2O2/c1-2-17-16(14-9-5-3-6-10-14)13-18(22)21(17)20-19(23)15-11-7-4-8-12-15/h3-12,16-17H,2,13H2,1H3,(H,20,23)/t16-,17-/m0/s1. The normalized spacial score (nSPS) is 20.6. The molecule has 118 valence electrons. The Labute approximate surface area is 136 Å². The molecule has 0 saturated carbocycles. The summed E-state index contributed by atoms with van der Waals surface area (Å²) in [5, 5.41) is 1.52. The van der Waals surface area contributed by atoms with E-state index in [9.17, 15) is 9.59 Å². The van der Waals surface area contributed by atoms with Gasteiger partial charge >= 0.3 is 0 Å². The largest absolute Gasteiger partial charge is 0.273 e. The Hall–Kier alpha value is -2.62. The summed E-state index contributed by atoms with van der Waals surface area (Å²) >= 11 is 0. The number of rotatable bonds is 4. The van der Waals surface area contributed by atoms with Gasteiger partial charge in [-0.1, -0.05) is 55.5 Å². The van der Waals surface area contributed by atoms with Crippen LogP contribution in [0, 0.1) is 0 Å². The smallest absolute Gasteiger partial charge is 0.269 e. The number of hydrogen-bond donors (Lipinski definition) is 1. The van der Waals surface area contributed by atoms with Crippen molar-refractivity contribution in [1.82, 2.24) is 10.4 Å². The highest BCUT2D eigenvalue weighted by atomic mass is 16.2. The molecule has 2 aromatic rings. The van der Waals surface area contributed by atoms with Gasteiger partial charge in [0.1, 0.15) is 0 Å². The fourth-order valence-corrected chi connectivity index (χ4v) is 3.20. The van der Waals surface area contributed by atoms with Gasteiger partial charge in [-0.25, -0.2) is 0 Å². The quantitative estimate of drug-likeness (QED) is 0.943. The summed E-state index contributed by atoms with van der Waals surface area (Å²) in [6, 6.07) is 19.0. The maximum absolute atomic E-state index is 12.4. The molecule has 1 aliphatic rings. The average Bonchev–Trinajstić information content (AvgIpc) is 2.92. The van der Waals surface area contributed by atoms with E-state index in [0.29, 0.717) is 12.0 Å². The van der Waals surface area contributed by atoms with E-state index in [1.54, 1.807) is 12.1 Å². The zero-order valence-corrected chi connectivity index (χ0v) is 13.1. The first-order chi connectivity index (χ1) is 11.2. The van der Waals surface area contributed by atoms with E-state index in [4.69, 9.17) is 0 Å². The number of hydrazine groups is 1. The van der Waals surface area contributed by atoms with Crippen molar-refractivity contribution in [3.63, 3.8) is 0 Å². The van der Waals surface area contributed by atoms with Crippen LogP contribution in [0.15, 0.2) is 60.7 Å². The van der Waals surface area contributed by atoms with Gasteiger partial charge in [0.25, 0.3) is 5.91 Å². The van der Waals surface area contributed by atoms with Crippen molar-refractivity contribution in [2.24, 2.45) is 0 Å². The van der Waals surface area contributed by atoms with Crippen molar-refractivity contribution in [2.45, 2.75) is 31.7 Å². The summed E-state index contributed by atoms with van der Waals surface area (Å²) in [4.78, 5) is 24.8. The molecule has 0 bridgehead atoms. The molecule has 1 N–H and O–H groups in total. The monoisotopic (exact) mass is 308 g/mol. The fourth-order valence-electron chi connectivity index (χ4n) is 3.20. The first kappa shape index (κ1) is 15.3. The van der Waals surface area contributed by atoms with Gasteiger partial charge in [-0.15, -0.1) is 0 Å². The molecule has 1 fully saturated rings. The topological polar surface area (TPSA) is 49.4 Å². The summed E-state index contributed by atoms with van der Waals surface area (Å²) in [7, 11) is 0. The van der Waals surface area contributed by atoms with Crippen LogP contribution in [0.5, 0.6) is 0 Å². The first-order valence-corrected chi connectivity index (χ1v) is 7.93. The molecule has 23 heavy (non-hydrogen) atoms. The number of benzene rings is 2. The first-order valence-electron chi connectivity index (χ1n) is 7.93. The maximum Gasteiger partial charge on any atom is 0.269 e. The molecule has 1 heterocycles. The second kappa shape index (κ2) is 6.65. The summed E-state index contributed by atoms with van der Waals surface area (Å²) in [5.41, 5.74) is 4.49. The van der Waals surface area contributed by atoms with E-state index < -0.39 is 0 Å². The molecule has 2 amide bonds. The number of carbonyl (C=O) groups excluding carboxylic acids is 2. The Morgan fingerprint density at radius 3 is 2.30 bits per heavy atom. The molecule has 4 nitrogen and oxygen atoms in total. The summed E-state index contributed by atoms with van der Waals surface area (Å²) in [6.07, 6.45) is 1.22. The lowest BCUT2D eigenvalue weighted by atomic mass is 9.90. The minimum atomic E-state index is -0.244. The van der Waals surface area contributed by atoms with E-state index in [1.165, 1.54) is 5.01 Å². The molecular formula is C19H20N2O2. The van der Waals surface area contributed by atoms with Crippen LogP contribution in [0.4, 0.5) is 0 Å². The average molecular weight is 308 g/mol. The van der Waals surface area contributed by atoms with E-state index in [0.717, 1.165) is 12.0 Å². The number of hydrogen-bond acceptors (Lipinski definition) is 2. The summed E-state index contributed by atoms with van der Waals surface area (Å²) < 4.78 is 0.